The average Bonchev–Trinajstić information content (AvgIpc) is 2.78. The van der Waals surface area contributed by atoms with E-state index < -0.39 is 0 Å². The van der Waals surface area contributed by atoms with Gasteiger partial charge in [0.1, 0.15) is 0 Å². The van der Waals surface area contributed by atoms with E-state index in [2.05, 4.69) is 55.5 Å². The Morgan fingerprint density at radius 1 is 1.53 bits per heavy atom. The molecule has 1 unspecified atom stereocenters. The van der Waals surface area contributed by atoms with Crippen molar-refractivity contribution in [2.45, 2.75) is 20.3 Å². The zero-order chi connectivity index (χ0) is 13.8. The summed E-state index contributed by atoms with van der Waals surface area (Å²) in [6.07, 6.45) is 9.74. The molecule has 99 valence electrons. The first-order valence-corrected chi connectivity index (χ1v) is 6.92. The lowest BCUT2D eigenvalue weighted by molar-refractivity contribution is 0.362. The van der Waals surface area contributed by atoms with E-state index in [9.17, 15) is 0 Å². The third kappa shape index (κ3) is 3.35. The topological polar surface area (TPSA) is 15.6 Å². The summed E-state index contributed by atoms with van der Waals surface area (Å²) in [5, 5.41) is 0. The van der Waals surface area contributed by atoms with Gasteiger partial charge in [-0.1, -0.05) is 36.7 Å². The molecule has 2 rings (SSSR count). The maximum Gasteiger partial charge on any atom is 0.308 e. The molecule has 0 spiro atoms. The second kappa shape index (κ2) is 6.20. The van der Waals surface area contributed by atoms with E-state index in [1.807, 2.05) is 13.5 Å². The van der Waals surface area contributed by atoms with Crippen molar-refractivity contribution in [3.8, 4) is 0 Å². The van der Waals surface area contributed by atoms with Gasteiger partial charge in [0.25, 0.3) is 0 Å². The zero-order valence-corrected chi connectivity index (χ0v) is 12.2. The lowest BCUT2D eigenvalue weighted by atomic mass is 9.83. The van der Waals surface area contributed by atoms with Gasteiger partial charge in [-0.15, -0.1) is 6.58 Å². The molecule has 0 N–H and O–H groups in total. The molecule has 19 heavy (non-hydrogen) atoms. The number of allylic oxidation sites excluding steroid dienone is 5. The monoisotopic (exact) mass is 253 g/mol. The first-order chi connectivity index (χ1) is 9.11. The maximum absolute atomic E-state index is 4.60. The van der Waals surface area contributed by atoms with Crippen LogP contribution in [0.5, 0.6) is 0 Å². The summed E-state index contributed by atoms with van der Waals surface area (Å²) in [4.78, 5) is 6.93. The highest BCUT2D eigenvalue weighted by molar-refractivity contribution is 6.52. The molecule has 1 atom stereocenters. The second-order valence-corrected chi connectivity index (χ2v) is 5.40. The zero-order valence-electron chi connectivity index (χ0n) is 12.2. The molecule has 0 fully saturated rings. The minimum absolute atomic E-state index is 0.397. The van der Waals surface area contributed by atoms with Crippen LogP contribution in [0.2, 0.25) is 0 Å². The average molecular weight is 253 g/mol. The number of likely N-dealkylation sites (N-methyl/N-ethyl adjacent to an activating group) is 1. The highest BCUT2D eigenvalue weighted by Crippen LogP contribution is 2.24. The Bertz CT molecular complexity index is 483. The molecule has 0 saturated carbocycles. The molecule has 0 aliphatic carbocycles. The van der Waals surface area contributed by atoms with Gasteiger partial charge in [-0.05, 0) is 37.5 Å². The Kier molecular flexibility index (Phi) is 4.59. The van der Waals surface area contributed by atoms with E-state index in [0.29, 0.717) is 5.92 Å². The second-order valence-electron chi connectivity index (χ2n) is 5.40. The lowest BCUT2D eigenvalue weighted by Gasteiger charge is -2.22. The van der Waals surface area contributed by atoms with Crippen molar-refractivity contribution in [2.24, 2.45) is 10.8 Å². The highest BCUT2D eigenvalue weighted by atomic mass is 15.1. The van der Waals surface area contributed by atoms with E-state index in [-0.39, 0.29) is 0 Å². The van der Waals surface area contributed by atoms with E-state index in [1.54, 1.807) is 0 Å². The summed E-state index contributed by atoms with van der Waals surface area (Å²) < 4.78 is 0. The molecule has 0 saturated heterocycles. The molecule has 2 nitrogen and oxygen atoms in total. The Balaban J connectivity index is 2.18. The van der Waals surface area contributed by atoms with Gasteiger partial charge in [-0.25, -0.2) is 0 Å². The third-order valence-electron chi connectivity index (χ3n) is 3.72. The highest BCUT2D eigenvalue weighted by Gasteiger charge is 2.20. The Hall–Kier alpha value is -1.35. The summed E-state index contributed by atoms with van der Waals surface area (Å²) in [5.74, 6) is 0.397. The molecule has 0 bridgehead atoms. The number of rotatable bonds is 4. The van der Waals surface area contributed by atoms with Gasteiger partial charge in [0, 0.05) is 13.1 Å². The molecule has 2 heterocycles. The molecular weight excluding hydrogens is 231 g/mol. The Morgan fingerprint density at radius 2 is 2.32 bits per heavy atom. The molecule has 0 aromatic rings. The summed E-state index contributed by atoms with van der Waals surface area (Å²) in [6, 6.07) is 0. The number of hydrogen-bond acceptors (Lipinski definition) is 2. The van der Waals surface area contributed by atoms with Crippen LogP contribution >= 0.6 is 0 Å². The van der Waals surface area contributed by atoms with Crippen molar-refractivity contribution in [1.82, 2.24) is 4.90 Å². The van der Waals surface area contributed by atoms with Gasteiger partial charge >= 0.3 is 7.41 Å². The van der Waals surface area contributed by atoms with Crippen molar-refractivity contribution in [3.05, 3.63) is 47.5 Å². The van der Waals surface area contributed by atoms with Crippen molar-refractivity contribution in [2.75, 3.05) is 20.1 Å². The normalized spacial score (nSPS) is 22.3. The Labute approximate surface area is 117 Å². The van der Waals surface area contributed by atoms with Crippen LogP contribution in [-0.4, -0.2) is 38.2 Å². The van der Waals surface area contributed by atoms with E-state index in [1.165, 1.54) is 16.6 Å². The van der Waals surface area contributed by atoms with Crippen molar-refractivity contribution in [1.29, 1.82) is 0 Å². The molecule has 0 aromatic heterocycles. The van der Waals surface area contributed by atoms with E-state index in [0.717, 1.165) is 25.2 Å². The Morgan fingerprint density at radius 3 is 2.95 bits per heavy atom. The van der Waals surface area contributed by atoms with Crippen LogP contribution < -0.4 is 0 Å². The molecule has 1 radical (unpaired) electrons. The molecule has 2 aliphatic rings. The van der Waals surface area contributed by atoms with Crippen LogP contribution in [0.25, 0.3) is 0 Å². The van der Waals surface area contributed by atoms with Crippen LogP contribution in [0.4, 0.5) is 0 Å². The standard InChI is InChI=1S/C16H22BN2/c1-5-12(2)6-7-15-13(3)17-18-16(15)14-8-10-19(4)11-9-14/h5-8,12H,1,9-11H2,2-4H3/b7-6-. The van der Waals surface area contributed by atoms with Crippen molar-refractivity contribution < 1.29 is 0 Å². The molecular formula is C16H22BN2. The lowest BCUT2D eigenvalue weighted by Crippen LogP contribution is -2.26. The van der Waals surface area contributed by atoms with Gasteiger partial charge in [0.2, 0.25) is 0 Å². The van der Waals surface area contributed by atoms with Gasteiger partial charge < -0.3 is 9.80 Å². The molecule has 3 heteroatoms. The summed E-state index contributed by atoms with van der Waals surface area (Å²) >= 11 is 0. The number of nitrogens with zero attached hydrogens (tertiary/aromatic N) is 2. The van der Waals surface area contributed by atoms with Gasteiger partial charge in [0.05, 0.1) is 5.71 Å². The van der Waals surface area contributed by atoms with Gasteiger partial charge in [-0.3, -0.25) is 0 Å². The molecule has 0 amide bonds. The minimum Gasteiger partial charge on any atom is -0.342 e. The minimum atomic E-state index is 0.397. The quantitative estimate of drug-likeness (QED) is 0.555. The summed E-state index contributed by atoms with van der Waals surface area (Å²) in [6.45, 7) is 10.2. The van der Waals surface area contributed by atoms with Crippen LogP contribution in [0.1, 0.15) is 20.3 Å². The predicted molar refractivity (Wildman–Crippen MR) is 84.6 cm³/mol. The van der Waals surface area contributed by atoms with Crippen molar-refractivity contribution in [3.63, 3.8) is 0 Å². The van der Waals surface area contributed by atoms with Gasteiger partial charge in [0.15, 0.2) is 0 Å². The predicted octanol–water partition coefficient (Wildman–Crippen LogP) is 2.97. The first kappa shape index (κ1) is 14.1. The van der Waals surface area contributed by atoms with Crippen LogP contribution in [0.15, 0.2) is 52.4 Å². The maximum atomic E-state index is 4.60. The van der Waals surface area contributed by atoms with Crippen LogP contribution in [0, 0.1) is 5.92 Å². The fraction of sp³-hybridized carbons (Fsp3) is 0.438. The summed E-state index contributed by atoms with van der Waals surface area (Å²) in [5.41, 5.74) is 5.07. The molecule has 0 aromatic carbocycles. The fourth-order valence-corrected chi connectivity index (χ4v) is 2.27. The fourth-order valence-electron chi connectivity index (χ4n) is 2.27. The van der Waals surface area contributed by atoms with Gasteiger partial charge in [-0.2, -0.15) is 0 Å². The molecule has 2 aliphatic heterocycles. The SMILES string of the molecule is C=CC(C)/C=C\C1=C(C)[B]N=C1C1=CCN(C)CC1. The van der Waals surface area contributed by atoms with Crippen molar-refractivity contribution >= 4 is 13.1 Å². The van der Waals surface area contributed by atoms with E-state index >= 15 is 0 Å². The number of hydrogen-bond donors (Lipinski definition) is 0. The van der Waals surface area contributed by atoms with E-state index in [4.69, 9.17) is 0 Å². The van der Waals surface area contributed by atoms with Crippen LogP contribution in [-0.2, 0) is 0 Å². The summed E-state index contributed by atoms with van der Waals surface area (Å²) in [7, 11) is 4.14. The largest absolute Gasteiger partial charge is 0.342 e. The smallest absolute Gasteiger partial charge is 0.308 e. The van der Waals surface area contributed by atoms with Crippen LogP contribution in [0.3, 0.4) is 0 Å². The third-order valence-corrected chi connectivity index (χ3v) is 3.72. The first-order valence-electron chi connectivity index (χ1n) is 6.92.